The van der Waals surface area contributed by atoms with Gasteiger partial charge in [0.15, 0.2) is 0 Å². The Bertz CT molecular complexity index is 521. The fraction of sp³-hybridized carbons (Fsp3) is 0.385. The summed E-state index contributed by atoms with van der Waals surface area (Å²) in [5.41, 5.74) is 2.48. The highest BCUT2D eigenvalue weighted by molar-refractivity contribution is 5.59. The van der Waals surface area contributed by atoms with E-state index in [1.54, 1.807) is 16.9 Å². The van der Waals surface area contributed by atoms with Crippen LogP contribution in [0.4, 0.5) is 4.39 Å². The van der Waals surface area contributed by atoms with Crippen LogP contribution in [-0.2, 0) is 13.6 Å². The largest absolute Gasteiger partial charge is 0.313 e. The minimum absolute atomic E-state index is 0.183. The summed E-state index contributed by atoms with van der Waals surface area (Å²) in [4.78, 5) is 0. The minimum atomic E-state index is -0.183. The molecule has 0 fully saturated rings. The molecule has 0 spiro atoms. The van der Waals surface area contributed by atoms with Gasteiger partial charge in [0.25, 0.3) is 0 Å². The second kappa shape index (κ2) is 5.73. The van der Waals surface area contributed by atoms with Crippen molar-refractivity contribution in [2.75, 3.05) is 6.54 Å². The van der Waals surface area contributed by atoms with Crippen LogP contribution in [0.2, 0.25) is 0 Å². The van der Waals surface area contributed by atoms with Gasteiger partial charge in [-0.15, -0.1) is 5.10 Å². The Balaban J connectivity index is 2.23. The quantitative estimate of drug-likeness (QED) is 0.824. The van der Waals surface area contributed by atoms with E-state index in [-0.39, 0.29) is 5.82 Å². The lowest BCUT2D eigenvalue weighted by molar-refractivity contribution is 0.586. The smallest absolute Gasteiger partial charge is 0.127 e. The molecule has 1 aromatic heterocycles. The Morgan fingerprint density at radius 3 is 2.89 bits per heavy atom. The van der Waals surface area contributed by atoms with Crippen LogP contribution < -0.4 is 5.32 Å². The van der Waals surface area contributed by atoms with Crippen LogP contribution in [0.1, 0.15) is 18.9 Å². The molecular weight excluding hydrogens is 231 g/mol. The Kier molecular flexibility index (Phi) is 4.04. The molecule has 5 heteroatoms. The van der Waals surface area contributed by atoms with E-state index in [2.05, 4.69) is 22.6 Å². The number of hydrogen-bond acceptors (Lipinski definition) is 3. The van der Waals surface area contributed by atoms with Crippen LogP contribution in [0, 0.1) is 5.82 Å². The third-order valence-corrected chi connectivity index (χ3v) is 2.80. The predicted molar refractivity (Wildman–Crippen MR) is 68.4 cm³/mol. The number of aromatic nitrogens is 3. The van der Waals surface area contributed by atoms with Gasteiger partial charge < -0.3 is 5.32 Å². The molecule has 0 aliphatic heterocycles. The third kappa shape index (κ3) is 2.73. The van der Waals surface area contributed by atoms with Gasteiger partial charge >= 0.3 is 0 Å². The van der Waals surface area contributed by atoms with Gasteiger partial charge in [-0.05, 0) is 31.2 Å². The molecule has 4 nitrogen and oxygen atoms in total. The third-order valence-electron chi connectivity index (χ3n) is 2.80. The van der Waals surface area contributed by atoms with Gasteiger partial charge in [0, 0.05) is 24.7 Å². The van der Waals surface area contributed by atoms with Gasteiger partial charge in [0.1, 0.15) is 5.82 Å². The topological polar surface area (TPSA) is 42.7 Å². The van der Waals surface area contributed by atoms with Gasteiger partial charge in [-0.2, -0.15) is 0 Å². The van der Waals surface area contributed by atoms with Gasteiger partial charge in [-0.3, -0.25) is 0 Å². The minimum Gasteiger partial charge on any atom is -0.313 e. The molecule has 0 aliphatic carbocycles. The van der Waals surface area contributed by atoms with Crippen LogP contribution in [0.3, 0.4) is 0 Å². The Labute approximate surface area is 106 Å². The predicted octanol–water partition coefficient (Wildman–Crippen LogP) is 2.12. The van der Waals surface area contributed by atoms with Crippen LogP contribution in [0.25, 0.3) is 11.3 Å². The molecule has 0 amide bonds. The van der Waals surface area contributed by atoms with E-state index in [1.165, 1.54) is 6.07 Å². The summed E-state index contributed by atoms with van der Waals surface area (Å²) in [6.07, 6.45) is 2.71. The molecule has 1 aromatic carbocycles. The maximum absolute atomic E-state index is 13.7. The van der Waals surface area contributed by atoms with E-state index in [0.717, 1.165) is 24.2 Å². The number of aryl methyl sites for hydroxylation is 1. The first kappa shape index (κ1) is 12.7. The van der Waals surface area contributed by atoms with E-state index in [9.17, 15) is 4.39 Å². The molecule has 0 radical (unpaired) electrons. The van der Waals surface area contributed by atoms with Crippen LogP contribution in [0.15, 0.2) is 24.4 Å². The molecule has 1 N–H and O–H groups in total. The molecular formula is C13H17FN4. The fourth-order valence-corrected chi connectivity index (χ4v) is 1.82. The number of benzene rings is 1. The van der Waals surface area contributed by atoms with Gasteiger partial charge in [-0.1, -0.05) is 12.1 Å². The molecule has 0 unspecified atom stereocenters. The SMILES string of the molecule is CCCNCc1cc(-c2cnnn2C)ccc1F. The summed E-state index contributed by atoms with van der Waals surface area (Å²) < 4.78 is 15.3. The molecule has 2 rings (SSSR count). The lowest BCUT2D eigenvalue weighted by Crippen LogP contribution is -2.14. The van der Waals surface area contributed by atoms with Crippen molar-refractivity contribution in [3.05, 3.63) is 35.8 Å². The van der Waals surface area contributed by atoms with E-state index < -0.39 is 0 Å². The fourth-order valence-electron chi connectivity index (χ4n) is 1.82. The van der Waals surface area contributed by atoms with Gasteiger partial charge in [-0.25, -0.2) is 9.07 Å². The van der Waals surface area contributed by atoms with Crippen molar-refractivity contribution in [3.63, 3.8) is 0 Å². The Morgan fingerprint density at radius 2 is 2.22 bits per heavy atom. The van der Waals surface area contributed by atoms with E-state index in [4.69, 9.17) is 0 Å². The zero-order valence-electron chi connectivity index (χ0n) is 10.7. The standard InChI is InChI=1S/C13H17FN4/c1-3-6-15-8-11-7-10(4-5-12(11)14)13-9-16-17-18(13)2/h4-5,7,9,15H,3,6,8H2,1-2H3. The zero-order chi connectivity index (χ0) is 13.0. The van der Waals surface area contributed by atoms with E-state index in [0.29, 0.717) is 12.1 Å². The number of hydrogen-bond donors (Lipinski definition) is 1. The molecule has 18 heavy (non-hydrogen) atoms. The summed E-state index contributed by atoms with van der Waals surface area (Å²) in [5, 5.41) is 10.9. The molecule has 0 aliphatic rings. The average Bonchev–Trinajstić information content (AvgIpc) is 2.78. The number of halogens is 1. The highest BCUT2D eigenvalue weighted by Crippen LogP contribution is 2.20. The molecule has 0 saturated heterocycles. The lowest BCUT2D eigenvalue weighted by atomic mass is 10.1. The molecule has 0 bridgehead atoms. The first-order valence-electron chi connectivity index (χ1n) is 6.06. The van der Waals surface area contributed by atoms with Crippen molar-refractivity contribution in [1.29, 1.82) is 0 Å². The second-order valence-electron chi connectivity index (χ2n) is 4.23. The van der Waals surface area contributed by atoms with Gasteiger partial charge in [0.05, 0.1) is 11.9 Å². The van der Waals surface area contributed by atoms with Crippen LogP contribution >= 0.6 is 0 Å². The number of rotatable bonds is 5. The van der Waals surface area contributed by atoms with Crippen molar-refractivity contribution in [1.82, 2.24) is 20.3 Å². The molecule has 2 aromatic rings. The first-order chi connectivity index (χ1) is 8.72. The van der Waals surface area contributed by atoms with Crippen molar-refractivity contribution >= 4 is 0 Å². The van der Waals surface area contributed by atoms with Crippen molar-refractivity contribution in [3.8, 4) is 11.3 Å². The Hall–Kier alpha value is -1.75. The summed E-state index contributed by atoms with van der Waals surface area (Å²) in [6, 6.07) is 5.08. The second-order valence-corrected chi connectivity index (χ2v) is 4.23. The molecule has 0 saturated carbocycles. The molecule has 1 heterocycles. The summed E-state index contributed by atoms with van der Waals surface area (Å²) in [5.74, 6) is -0.183. The van der Waals surface area contributed by atoms with Gasteiger partial charge in [0.2, 0.25) is 0 Å². The molecule has 0 atom stereocenters. The van der Waals surface area contributed by atoms with Crippen molar-refractivity contribution < 1.29 is 4.39 Å². The van der Waals surface area contributed by atoms with E-state index in [1.807, 2.05) is 13.1 Å². The zero-order valence-corrected chi connectivity index (χ0v) is 10.7. The van der Waals surface area contributed by atoms with Crippen molar-refractivity contribution in [2.24, 2.45) is 7.05 Å². The average molecular weight is 248 g/mol. The molecule has 96 valence electrons. The summed E-state index contributed by atoms with van der Waals surface area (Å²) in [7, 11) is 1.82. The van der Waals surface area contributed by atoms with Crippen LogP contribution in [0.5, 0.6) is 0 Å². The van der Waals surface area contributed by atoms with Crippen LogP contribution in [-0.4, -0.2) is 21.5 Å². The highest BCUT2D eigenvalue weighted by Gasteiger charge is 2.08. The monoisotopic (exact) mass is 248 g/mol. The maximum atomic E-state index is 13.7. The van der Waals surface area contributed by atoms with E-state index >= 15 is 0 Å². The first-order valence-corrected chi connectivity index (χ1v) is 6.06. The number of nitrogens with zero attached hydrogens (tertiary/aromatic N) is 3. The maximum Gasteiger partial charge on any atom is 0.127 e. The number of nitrogens with one attached hydrogen (secondary N) is 1. The Morgan fingerprint density at radius 1 is 1.39 bits per heavy atom. The lowest BCUT2D eigenvalue weighted by Gasteiger charge is -2.07. The van der Waals surface area contributed by atoms with Crippen molar-refractivity contribution in [2.45, 2.75) is 19.9 Å². The highest BCUT2D eigenvalue weighted by atomic mass is 19.1. The normalized spacial score (nSPS) is 10.8. The summed E-state index contributed by atoms with van der Waals surface area (Å²) in [6.45, 7) is 3.51. The summed E-state index contributed by atoms with van der Waals surface area (Å²) >= 11 is 0.